The number of rotatable bonds is 8. The topological polar surface area (TPSA) is 123 Å². The molecular weight excluding hydrogens is 504 g/mol. The molecule has 0 fully saturated rings. The van der Waals surface area contributed by atoms with E-state index in [4.69, 9.17) is 17.3 Å². The molecule has 11 heteroatoms. The van der Waals surface area contributed by atoms with Crippen molar-refractivity contribution in [1.29, 1.82) is 0 Å². The summed E-state index contributed by atoms with van der Waals surface area (Å²) in [5.74, 6) is -3.48. The Labute approximate surface area is 215 Å². The lowest BCUT2D eigenvalue weighted by Crippen LogP contribution is -2.16. The third-order valence-corrected chi connectivity index (χ3v) is 5.85. The number of nitrogens with one attached hydrogen (secondary N) is 1. The van der Waals surface area contributed by atoms with Crippen molar-refractivity contribution in [3.63, 3.8) is 0 Å². The number of amides is 1. The lowest BCUT2D eigenvalue weighted by Gasteiger charge is -2.11. The minimum absolute atomic E-state index is 0.0224. The molecule has 1 atom stereocenters. The molecule has 4 rings (SSSR count). The highest BCUT2D eigenvalue weighted by atomic mass is 35.5. The first-order chi connectivity index (χ1) is 17.7. The predicted molar refractivity (Wildman–Crippen MR) is 136 cm³/mol. The van der Waals surface area contributed by atoms with Gasteiger partial charge in [0.2, 0.25) is 0 Å². The number of hydrogen-bond donors (Lipinski definition) is 3. The number of nitrogens with two attached hydrogens (primary N) is 1. The Kier molecular flexibility index (Phi) is 7.61. The van der Waals surface area contributed by atoms with Crippen LogP contribution in [0.15, 0.2) is 60.7 Å². The number of carbonyl (C=O) groups is 2. The van der Waals surface area contributed by atoms with Gasteiger partial charge >= 0.3 is 0 Å². The Morgan fingerprint density at radius 2 is 1.84 bits per heavy atom. The molecule has 0 radical (unpaired) electrons. The van der Waals surface area contributed by atoms with Crippen LogP contribution < -0.4 is 11.1 Å². The predicted octanol–water partition coefficient (Wildman–Crippen LogP) is 4.90. The van der Waals surface area contributed by atoms with Crippen LogP contribution in [0.1, 0.15) is 34.2 Å². The first-order valence-corrected chi connectivity index (χ1v) is 11.6. The summed E-state index contributed by atoms with van der Waals surface area (Å²) in [6.07, 6.45) is 0.0723. The van der Waals surface area contributed by atoms with Gasteiger partial charge in [0.1, 0.15) is 17.2 Å². The van der Waals surface area contributed by atoms with Gasteiger partial charge in [-0.3, -0.25) is 9.59 Å². The van der Waals surface area contributed by atoms with E-state index in [0.717, 1.165) is 0 Å². The van der Waals surface area contributed by atoms with E-state index in [-0.39, 0.29) is 58.1 Å². The number of aliphatic hydroxyl groups excluding tert-OH is 1. The van der Waals surface area contributed by atoms with Crippen molar-refractivity contribution in [2.45, 2.75) is 13.3 Å². The molecule has 8 nitrogen and oxygen atoms in total. The van der Waals surface area contributed by atoms with Crippen molar-refractivity contribution in [1.82, 2.24) is 14.8 Å². The van der Waals surface area contributed by atoms with E-state index in [2.05, 4.69) is 15.4 Å². The second kappa shape index (κ2) is 10.9. The first-order valence-electron chi connectivity index (χ1n) is 11.2. The maximum Gasteiger partial charge on any atom is 0.258 e. The van der Waals surface area contributed by atoms with Gasteiger partial charge in [-0.25, -0.2) is 18.4 Å². The van der Waals surface area contributed by atoms with Crippen LogP contribution in [0, 0.1) is 17.6 Å². The second-order valence-electron chi connectivity index (χ2n) is 8.41. The Hall–Kier alpha value is -4.15. The maximum absolute atomic E-state index is 14.4. The fourth-order valence-electron chi connectivity index (χ4n) is 3.57. The van der Waals surface area contributed by atoms with Crippen molar-refractivity contribution in [2.24, 2.45) is 5.92 Å². The van der Waals surface area contributed by atoms with Crippen molar-refractivity contribution < 1.29 is 23.5 Å². The largest absolute Gasteiger partial charge is 0.396 e. The zero-order chi connectivity index (χ0) is 26.7. The highest BCUT2D eigenvalue weighted by Gasteiger charge is 2.21. The first kappa shape index (κ1) is 25.9. The smallest absolute Gasteiger partial charge is 0.258 e. The Morgan fingerprint density at radius 3 is 2.54 bits per heavy atom. The van der Waals surface area contributed by atoms with Crippen LogP contribution in [0.2, 0.25) is 5.02 Å². The van der Waals surface area contributed by atoms with Gasteiger partial charge in [-0.1, -0.05) is 42.8 Å². The van der Waals surface area contributed by atoms with Crippen molar-refractivity contribution in [3.05, 3.63) is 88.6 Å². The van der Waals surface area contributed by atoms with E-state index < -0.39 is 23.4 Å². The van der Waals surface area contributed by atoms with Crippen molar-refractivity contribution in [2.75, 3.05) is 17.7 Å². The molecule has 4 N–H and O–H groups in total. The SMILES string of the molecule is C[C@@H](CO)CC(=O)c1cc(NC(=O)c2cc(-c3nc(N)c(F)cc3F)ccc2Cl)n(-c2ccccc2)n1. The van der Waals surface area contributed by atoms with E-state index in [0.29, 0.717) is 11.8 Å². The van der Waals surface area contributed by atoms with Crippen LogP contribution in [-0.2, 0) is 0 Å². The molecule has 0 aliphatic rings. The normalized spacial score (nSPS) is 11.8. The molecule has 4 aromatic rings. The van der Waals surface area contributed by atoms with Crippen LogP contribution in [0.3, 0.4) is 0 Å². The third-order valence-electron chi connectivity index (χ3n) is 5.52. The van der Waals surface area contributed by atoms with Gasteiger partial charge in [0.25, 0.3) is 5.91 Å². The summed E-state index contributed by atoms with van der Waals surface area (Å²) in [6, 6.07) is 15.0. The molecule has 0 aliphatic heterocycles. The molecular formula is C26H22ClF2N5O3. The number of nitrogen functional groups attached to an aromatic ring is 1. The minimum atomic E-state index is -0.999. The number of benzene rings is 2. The Bertz CT molecular complexity index is 1480. The molecule has 190 valence electrons. The molecule has 1 amide bonds. The van der Waals surface area contributed by atoms with E-state index in [9.17, 15) is 23.5 Å². The molecule has 0 spiro atoms. The van der Waals surface area contributed by atoms with Gasteiger partial charge in [-0.15, -0.1) is 0 Å². The molecule has 0 saturated carbocycles. The lowest BCUT2D eigenvalue weighted by atomic mass is 10.0. The molecule has 0 aliphatic carbocycles. The fourth-order valence-corrected chi connectivity index (χ4v) is 3.77. The average molecular weight is 526 g/mol. The highest BCUT2D eigenvalue weighted by molar-refractivity contribution is 6.34. The molecule has 0 saturated heterocycles. The van der Waals surface area contributed by atoms with Crippen LogP contribution in [0.5, 0.6) is 0 Å². The number of aromatic nitrogens is 3. The summed E-state index contributed by atoms with van der Waals surface area (Å²) in [6.45, 7) is 1.58. The van der Waals surface area contributed by atoms with E-state index in [1.54, 1.807) is 37.3 Å². The maximum atomic E-state index is 14.4. The van der Waals surface area contributed by atoms with E-state index in [1.807, 2.05) is 0 Å². The number of aliphatic hydroxyl groups is 1. The monoisotopic (exact) mass is 525 g/mol. The van der Waals surface area contributed by atoms with Gasteiger partial charge in [0.05, 0.1) is 16.3 Å². The number of halogens is 3. The number of anilines is 2. The Morgan fingerprint density at radius 1 is 1.11 bits per heavy atom. The number of carbonyl (C=O) groups excluding carboxylic acids is 2. The number of ketones is 1. The second-order valence-corrected chi connectivity index (χ2v) is 8.82. The van der Waals surface area contributed by atoms with Crippen LogP contribution in [0.4, 0.5) is 20.4 Å². The number of hydrogen-bond acceptors (Lipinski definition) is 6. The number of nitrogens with zero attached hydrogens (tertiary/aromatic N) is 3. The van der Waals surface area contributed by atoms with Crippen molar-refractivity contribution in [3.8, 4) is 16.9 Å². The van der Waals surface area contributed by atoms with Crippen molar-refractivity contribution >= 4 is 34.9 Å². The fraction of sp³-hybridized carbons (Fsp3) is 0.154. The van der Waals surface area contributed by atoms with E-state index in [1.165, 1.54) is 28.9 Å². The zero-order valence-electron chi connectivity index (χ0n) is 19.6. The van der Waals surface area contributed by atoms with Crippen LogP contribution >= 0.6 is 11.6 Å². The van der Waals surface area contributed by atoms with E-state index >= 15 is 0 Å². The van der Waals surface area contributed by atoms with Gasteiger partial charge < -0.3 is 16.2 Å². The van der Waals surface area contributed by atoms with Gasteiger partial charge in [-0.2, -0.15) is 5.10 Å². The third kappa shape index (κ3) is 5.65. The van der Waals surface area contributed by atoms with Crippen LogP contribution in [-0.4, -0.2) is 38.2 Å². The molecule has 37 heavy (non-hydrogen) atoms. The quantitative estimate of drug-likeness (QED) is 0.281. The number of pyridine rings is 1. The summed E-state index contributed by atoms with van der Waals surface area (Å²) in [4.78, 5) is 29.7. The van der Waals surface area contributed by atoms with Crippen LogP contribution in [0.25, 0.3) is 16.9 Å². The zero-order valence-corrected chi connectivity index (χ0v) is 20.3. The molecule has 2 aromatic heterocycles. The van der Waals surface area contributed by atoms with Gasteiger partial charge in [-0.05, 0) is 30.2 Å². The molecule has 2 heterocycles. The minimum Gasteiger partial charge on any atom is -0.396 e. The van der Waals surface area contributed by atoms with Gasteiger partial charge in [0.15, 0.2) is 23.2 Å². The summed E-state index contributed by atoms with van der Waals surface area (Å²) >= 11 is 6.27. The number of Topliss-reactive ketones (excluding diaryl/α,β-unsaturated/α-hetero) is 1. The molecule has 0 unspecified atom stereocenters. The average Bonchev–Trinajstić information content (AvgIpc) is 3.31. The lowest BCUT2D eigenvalue weighted by molar-refractivity contribution is 0.0937. The molecule has 2 aromatic carbocycles. The standard InChI is InChI=1S/C26H22ClF2N5O3/c1-14(13-35)9-22(36)21-12-23(34(33-21)16-5-3-2-4-6-16)31-26(37)17-10-15(7-8-18(17)27)24-19(28)11-20(29)25(30)32-24/h2-8,10-12,14,35H,9,13H2,1H3,(H2,30,32)(H,31,37)/t14-/m1/s1. The molecule has 0 bridgehead atoms. The number of para-hydroxylation sites is 1. The summed E-state index contributed by atoms with van der Waals surface area (Å²) < 4.78 is 29.3. The summed E-state index contributed by atoms with van der Waals surface area (Å²) in [5, 5.41) is 16.4. The highest BCUT2D eigenvalue weighted by Crippen LogP contribution is 2.29. The summed E-state index contributed by atoms with van der Waals surface area (Å²) in [7, 11) is 0. The summed E-state index contributed by atoms with van der Waals surface area (Å²) in [5.41, 5.74) is 6.06. The van der Waals surface area contributed by atoms with Gasteiger partial charge in [0, 0.05) is 30.7 Å². The Balaban J connectivity index is 1.70.